The van der Waals surface area contributed by atoms with Crippen molar-refractivity contribution in [3.8, 4) is 0 Å². The Bertz CT molecular complexity index is 600. The zero-order valence-corrected chi connectivity index (χ0v) is 10.5. The van der Waals surface area contributed by atoms with Gasteiger partial charge in [-0.15, -0.1) is 0 Å². The Morgan fingerprint density at radius 2 is 2.06 bits per heavy atom. The number of pyridine rings is 1. The van der Waals surface area contributed by atoms with Crippen LogP contribution in [-0.4, -0.2) is 4.98 Å². The van der Waals surface area contributed by atoms with E-state index in [2.05, 4.69) is 26.0 Å². The molecule has 3 rings (SSSR count). The molecule has 1 aromatic carbocycles. The third-order valence-electron chi connectivity index (χ3n) is 3.77. The van der Waals surface area contributed by atoms with E-state index in [9.17, 15) is 0 Å². The van der Waals surface area contributed by atoms with Crippen LogP contribution in [0.15, 0.2) is 12.1 Å². The predicted octanol–water partition coefficient (Wildman–Crippen LogP) is 2.80. The zero-order chi connectivity index (χ0) is 12.0. The SMILES string of the molecule is Cc1cc(C)c2c(CN)c3c(nc2c1)CCC3. The van der Waals surface area contributed by atoms with Gasteiger partial charge in [-0.05, 0) is 61.4 Å². The molecule has 0 bridgehead atoms. The topological polar surface area (TPSA) is 38.9 Å². The maximum atomic E-state index is 5.97. The molecule has 2 N–H and O–H groups in total. The third kappa shape index (κ3) is 1.55. The molecule has 2 heteroatoms. The summed E-state index contributed by atoms with van der Waals surface area (Å²) in [5, 5.41) is 1.29. The maximum Gasteiger partial charge on any atom is 0.0714 e. The van der Waals surface area contributed by atoms with Gasteiger partial charge in [-0.2, -0.15) is 0 Å². The Morgan fingerprint density at radius 1 is 1.24 bits per heavy atom. The van der Waals surface area contributed by atoms with Crippen LogP contribution >= 0.6 is 0 Å². The maximum absolute atomic E-state index is 5.97. The first-order valence-electron chi connectivity index (χ1n) is 6.32. The molecule has 0 radical (unpaired) electrons. The van der Waals surface area contributed by atoms with E-state index in [1.807, 2.05) is 0 Å². The molecule has 88 valence electrons. The standard InChI is InChI=1S/C15H18N2/c1-9-6-10(2)15-12(8-16)11-4-3-5-13(11)17-14(15)7-9/h6-7H,3-5,8,16H2,1-2H3. The Hall–Kier alpha value is -1.41. The van der Waals surface area contributed by atoms with E-state index in [0.29, 0.717) is 6.54 Å². The van der Waals surface area contributed by atoms with Crippen molar-refractivity contribution in [2.24, 2.45) is 5.73 Å². The summed E-state index contributed by atoms with van der Waals surface area (Å²) < 4.78 is 0. The number of hydrogen-bond donors (Lipinski definition) is 1. The molecule has 17 heavy (non-hydrogen) atoms. The van der Waals surface area contributed by atoms with E-state index in [-0.39, 0.29) is 0 Å². The second-order valence-electron chi connectivity index (χ2n) is 5.05. The predicted molar refractivity (Wildman–Crippen MR) is 71.1 cm³/mol. The second kappa shape index (κ2) is 3.81. The number of hydrogen-bond acceptors (Lipinski definition) is 2. The van der Waals surface area contributed by atoms with Crippen LogP contribution in [0.5, 0.6) is 0 Å². The van der Waals surface area contributed by atoms with Gasteiger partial charge >= 0.3 is 0 Å². The van der Waals surface area contributed by atoms with E-state index < -0.39 is 0 Å². The van der Waals surface area contributed by atoms with Crippen LogP contribution in [0.1, 0.15) is 34.4 Å². The van der Waals surface area contributed by atoms with Crippen molar-refractivity contribution in [3.05, 3.63) is 40.1 Å². The molecule has 0 spiro atoms. The summed E-state index contributed by atoms with van der Waals surface area (Å²) in [5.74, 6) is 0. The van der Waals surface area contributed by atoms with Gasteiger partial charge in [0.25, 0.3) is 0 Å². The number of fused-ring (bicyclic) bond motifs is 2. The number of nitrogens with two attached hydrogens (primary N) is 1. The third-order valence-corrected chi connectivity index (χ3v) is 3.77. The molecule has 0 amide bonds. The Balaban J connectivity index is 2.45. The van der Waals surface area contributed by atoms with Gasteiger partial charge in [-0.1, -0.05) is 6.07 Å². The van der Waals surface area contributed by atoms with Crippen molar-refractivity contribution < 1.29 is 0 Å². The normalized spacial score (nSPS) is 14.3. The fourth-order valence-electron chi connectivity index (χ4n) is 3.12. The first-order chi connectivity index (χ1) is 8.20. The van der Waals surface area contributed by atoms with Crippen molar-refractivity contribution in [1.29, 1.82) is 0 Å². The van der Waals surface area contributed by atoms with Crippen molar-refractivity contribution in [1.82, 2.24) is 4.98 Å². The molecule has 0 saturated carbocycles. The molecule has 1 aliphatic carbocycles. The highest BCUT2D eigenvalue weighted by molar-refractivity contribution is 5.87. The van der Waals surface area contributed by atoms with Crippen LogP contribution in [0.4, 0.5) is 0 Å². The molecule has 1 aliphatic rings. The van der Waals surface area contributed by atoms with Gasteiger partial charge in [0.2, 0.25) is 0 Å². The minimum Gasteiger partial charge on any atom is -0.326 e. The fraction of sp³-hybridized carbons (Fsp3) is 0.400. The summed E-state index contributed by atoms with van der Waals surface area (Å²) in [6, 6.07) is 4.41. The highest BCUT2D eigenvalue weighted by Crippen LogP contribution is 2.31. The molecule has 1 heterocycles. The van der Waals surface area contributed by atoms with Gasteiger partial charge in [0, 0.05) is 17.6 Å². The van der Waals surface area contributed by atoms with Crippen molar-refractivity contribution in [3.63, 3.8) is 0 Å². The lowest BCUT2D eigenvalue weighted by Gasteiger charge is -2.13. The monoisotopic (exact) mass is 226 g/mol. The molecule has 0 aliphatic heterocycles. The lowest BCUT2D eigenvalue weighted by atomic mass is 9.96. The quantitative estimate of drug-likeness (QED) is 0.812. The smallest absolute Gasteiger partial charge is 0.0714 e. The van der Waals surface area contributed by atoms with Crippen LogP contribution < -0.4 is 5.73 Å². The van der Waals surface area contributed by atoms with Crippen LogP contribution in [0.25, 0.3) is 10.9 Å². The average molecular weight is 226 g/mol. The largest absolute Gasteiger partial charge is 0.326 e. The van der Waals surface area contributed by atoms with Crippen molar-refractivity contribution in [2.75, 3.05) is 0 Å². The summed E-state index contributed by atoms with van der Waals surface area (Å²) in [7, 11) is 0. The minimum absolute atomic E-state index is 0.630. The molecule has 0 unspecified atom stereocenters. The van der Waals surface area contributed by atoms with E-state index in [4.69, 9.17) is 10.7 Å². The summed E-state index contributed by atoms with van der Waals surface area (Å²) in [4.78, 5) is 4.83. The number of nitrogens with zero attached hydrogens (tertiary/aromatic N) is 1. The summed E-state index contributed by atoms with van der Waals surface area (Å²) in [5.41, 5.74) is 13.7. The van der Waals surface area contributed by atoms with Gasteiger partial charge in [0.1, 0.15) is 0 Å². The summed E-state index contributed by atoms with van der Waals surface area (Å²) >= 11 is 0. The van der Waals surface area contributed by atoms with Crippen LogP contribution in [0.3, 0.4) is 0 Å². The Labute approximate surface area is 102 Å². The van der Waals surface area contributed by atoms with Crippen LogP contribution in [0.2, 0.25) is 0 Å². The second-order valence-corrected chi connectivity index (χ2v) is 5.05. The number of aryl methyl sites for hydroxylation is 3. The molecular weight excluding hydrogens is 208 g/mol. The highest BCUT2D eigenvalue weighted by Gasteiger charge is 2.19. The lowest BCUT2D eigenvalue weighted by Crippen LogP contribution is -2.05. The Kier molecular flexibility index (Phi) is 2.40. The molecule has 2 nitrogen and oxygen atoms in total. The Morgan fingerprint density at radius 3 is 2.82 bits per heavy atom. The first kappa shape index (κ1) is 10.7. The van der Waals surface area contributed by atoms with Crippen molar-refractivity contribution in [2.45, 2.75) is 39.7 Å². The number of rotatable bonds is 1. The number of benzene rings is 1. The molecule has 2 aromatic rings. The summed E-state index contributed by atoms with van der Waals surface area (Å²) in [6.45, 7) is 4.92. The molecule has 1 aromatic heterocycles. The fourth-order valence-corrected chi connectivity index (χ4v) is 3.12. The van der Waals surface area contributed by atoms with Crippen molar-refractivity contribution >= 4 is 10.9 Å². The number of aromatic nitrogens is 1. The highest BCUT2D eigenvalue weighted by atomic mass is 14.7. The van der Waals surface area contributed by atoms with E-state index >= 15 is 0 Å². The van der Waals surface area contributed by atoms with E-state index in [1.54, 1.807) is 0 Å². The van der Waals surface area contributed by atoms with Crippen LogP contribution in [-0.2, 0) is 19.4 Å². The van der Waals surface area contributed by atoms with Crippen LogP contribution in [0, 0.1) is 13.8 Å². The van der Waals surface area contributed by atoms with E-state index in [0.717, 1.165) is 18.4 Å². The van der Waals surface area contributed by atoms with Gasteiger partial charge < -0.3 is 5.73 Å². The molecule has 0 atom stereocenters. The van der Waals surface area contributed by atoms with Gasteiger partial charge in [0.15, 0.2) is 0 Å². The summed E-state index contributed by atoms with van der Waals surface area (Å²) in [6.07, 6.45) is 3.49. The molecule has 0 saturated heterocycles. The van der Waals surface area contributed by atoms with Gasteiger partial charge in [-0.3, -0.25) is 4.98 Å². The first-order valence-corrected chi connectivity index (χ1v) is 6.32. The molecule has 0 fully saturated rings. The minimum atomic E-state index is 0.630. The zero-order valence-electron chi connectivity index (χ0n) is 10.5. The molecular formula is C15H18N2. The lowest BCUT2D eigenvalue weighted by molar-refractivity contribution is 0.896. The average Bonchev–Trinajstić information content (AvgIpc) is 2.73. The van der Waals surface area contributed by atoms with Gasteiger partial charge in [-0.25, -0.2) is 0 Å². The van der Waals surface area contributed by atoms with Gasteiger partial charge in [0.05, 0.1) is 5.52 Å². The van der Waals surface area contributed by atoms with E-state index in [1.165, 1.54) is 39.8 Å².